The summed E-state index contributed by atoms with van der Waals surface area (Å²) in [5.41, 5.74) is 0. The molecule has 0 spiro atoms. The fourth-order valence-electron chi connectivity index (χ4n) is 0.756. The van der Waals surface area contributed by atoms with Crippen molar-refractivity contribution in [2.24, 2.45) is 5.92 Å². The van der Waals surface area contributed by atoms with Gasteiger partial charge in [-0.3, -0.25) is 0 Å². The van der Waals surface area contributed by atoms with Crippen molar-refractivity contribution >= 4 is 16.4 Å². The lowest BCUT2D eigenvalue weighted by Gasteiger charge is -2.24. The van der Waals surface area contributed by atoms with Gasteiger partial charge in [-0.15, -0.1) is 13.2 Å². The van der Waals surface area contributed by atoms with Crippen LogP contribution in [0, 0.1) is 5.92 Å². The van der Waals surface area contributed by atoms with Crippen molar-refractivity contribution in [3.8, 4) is 0 Å². The molecule has 0 radical (unpaired) electrons. The first-order valence-corrected chi connectivity index (χ1v) is 5.49. The van der Waals surface area contributed by atoms with Gasteiger partial charge >= 0.3 is 0 Å². The summed E-state index contributed by atoms with van der Waals surface area (Å²) in [6, 6.07) is 0. The first-order chi connectivity index (χ1) is 4.79. The Morgan fingerprint density at radius 1 is 1.20 bits per heavy atom. The van der Waals surface area contributed by atoms with Crippen molar-refractivity contribution in [2.45, 2.75) is 20.8 Å². The fraction of sp³-hybridized carbons (Fsp3) is 0.667. The Balaban J connectivity index is 0. The molecular formula is C9H20S. The van der Waals surface area contributed by atoms with E-state index >= 15 is 0 Å². The van der Waals surface area contributed by atoms with Crippen LogP contribution >= 0.6 is 10.5 Å². The van der Waals surface area contributed by atoms with Crippen molar-refractivity contribution in [3.05, 3.63) is 13.2 Å². The second-order valence-electron chi connectivity index (χ2n) is 2.05. The molecule has 1 heteroatoms. The molecule has 1 aliphatic rings. The van der Waals surface area contributed by atoms with E-state index in [1.165, 1.54) is 11.5 Å². The summed E-state index contributed by atoms with van der Waals surface area (Å²) < 4.78 is 0. The first-order valence-electron chi connectivity index (χ1n) is 3.76. The lowest BCUT2D eigenvalue weighted by Crippen LogP contribution is -2.15. The molecule has 0 saturated carbocycles. The van der Waals surface area contributed by atoms with E-state index in [9.17, 15) is 0 Å². The Labute approximate surface area is 68.3 Å². The standard InChI is InChI=1S/C5H10S.C2H6.C2H4/c1-5-3-6(2)4-5;2*1-2/h5H,2-4H2,1H3;1-2H3;1-2H2. The highest BCUT2D eigenvalue weighted by Gasteiger charge is 2.13. The van der Waals surface area contributed by atoms with Crippen LogP contribution in [-0.4, -0.2) is 17.4 Å². The van der Waals surface area contributed by atoms with Crippen LogP contribution in [0.5, 0.6) is 0 Å². The van der Waals surface area contributed by atoms with Gasteiger partial charge in [-0.05, 0) is 17.4 Å². The van der Waals surface area contributed by atoms with Gasteiger partial charge in [-0.25, -0.2) is 0 Å². The highest BCUT2D eigenvalue weighted by atomic mass is 32.2. The van der Waals surface area contributed by atoms with Crippen LogP contribution in [0.4, 0.5) is 0 Å². The summed E-state index contributed by atoms with van der Waals surface area (Å²) in [5, 5.41) is 0. The molecule has 62 valence electrons. The molecule has 0 N–H and O–H groups in total. The molecule has 0 aromatic heterocycles. The number of rotatable bonds is 0. The van der Waals surface area contributed by atoms with Crippen molar-refractivity contribution in [1.29, 1.82) is 0 Å². The second kappa shape index (κ2) is 8.96. The molecule has 0 aromatic rings. The predicted octanol–water partition coefficient (Wildman–Crippen LogP) is 3.17. The van der Waals surface area contributed by atoms with E-state index in [4.69, 9.17) is 0 Å². The van der Waals surface area contributed by atoms with Gasteiger partial charge in [0.05, 0.1) is 0 Å². The Morgan fingerprint density at radius 3 is 1.50 bits per heavy atom. The molecule has 0 bridgehead atoms. The minimum Gasteiger partial charge on any atom is -0.192 e. The molecule has 0 amide bonds. The summed E-state index contributed by atoms with van der Waals surface area (Å²) in [6.45, 7) is 12.3. The van der Waals surface area contributed by atoms with E-state index in [1.807, 2.05) is 13.8 Å². The summed E-state index contributed by atoms with van der Waals surface area (Å²) >= 11 is 0. The topological polar surface area (TPSA) is 0 Å². The smallest absolute Gasteiger partial charge is 0.00891 e. The van der Waals surface area contributed by atoms with E-state index < -0.39 is 0 Å². The van der Waals surface area contributed by atoms with Crippen LogP contribution in [0.25, 0.3) is 0 Å². The molecule has 0 unspecified atom stereocenters. The molecule has 1 rings (SSSR count). The third-order valence-corrected chi connectivity index (χ3v) is 3.12. The summed E-state index contributed by atoms with van der Waals surface area (Å²) in [5.74, 6) is 7.69. The van der Waals surface area contributed by atoms with E-state index in [0.717, 1.165) is 5.92 Å². The molecule has 0 aliphatic carbocycles. The van der Waals surface area contributed by atoms with Gasteiger partial charge in [0.1, 0.15) is 0 Å². The number of hydrogen-bond acceptors (Lipinski definition) is 0. The van der Waals surface area contributed by atoms with Gasteiger partial charge < -0.3 is 0 Å². The maximum absolute atomic E-state index is 3.92. The van der Waals surface area contributed by atoms with Crippen LogP contribution in [0.15, 0.2) is 13.2 Å². The molecule has 0 atom stereocenters. The van der Waals surface area contributed by atoms with Crippen molar-refractivity contribution in [2.75, 3.05) is 11.5 Å². The van der Waals surface area contributed by atoms with E-state index in [-0.39, 0.29) is 0 Å². The largest absolute Gasteiger partial charge is 0.192 e. The average molecular weight is 160 g/mol. The monoisotopic (exact) mass is 160 g/mol. The summed E-state index contributed by atoms with van der Waals surface area (Å²) in [4.78, 5) is 0. The number of hydrogen-bond donors (Lipinski definition) is 0. The maximum Gasteiger partial charge on any atom is -0.00891 e. The molecule has 10 heavy (non-hydrogen) atoms. The van der Waals surface area contributed by atoms with E-state index in [2.05, 4.69) is 26.0 Å². The van der Waals surface area contributed by atoms with E-state index in [0.29, 0.717) is 10.5 Å². The molecule has 1 aliphatic heterocycles. The minimum atomic E-state index is 0.578. The van der Waals surface area contributed by atoms with Gasteiger partial charge in [0.25, 0.3) is 0 Å². The molecular weight excluding hydrogens is 140 g/mol. The molecule has 1 fully saturated rings. The van der Waals surface area contributed by atoms with Gasteiger partial charge in [0, 0.05) is 0 Å². The fourth-order valence-corrected chi connectivity index (χ4v) is 2.27. The average Bonchev–Trinajstić information content (AvgIpc) is 1.95. The van der Waals surface area contributed by atoms with Crippen molar-refractivity contribution < 1.29 is 0 Å². The maximum atomic E-state index is 3.92. The zero-order chi connectivity index (χ0) is 8.57. The van der Waals surface area contributed by atoms with E-state index in [1.54, 1.807) is 0 Å². The third kappa shape index (κ3) is 6.09. The highest BCUT2D eigenvalue weighted by molar-refractivity contribution is 8.15. The zero-order valence-corrected chi connectivity index (χ0v) is 8.34. The normalized spacial score (nSPS) is 27.9. The molecule has 0 aromatic carbocycles. The molecule has 1 heterocycles. The van der Waals surface area contributed by atoms with Crippen LogP contribution in [0.2, 0.25) is 0 Å². The quantitative estimate of drug-likeness (QED) is 0.377. The van der Waals surface area contributed by atoms with Crippen LogP contribution in [-0.2, 0) is 0 Å². The van der Waals surface area contributed by atoms with Gasteiger partial charge in [0.2, 0.25) is 0 Å². The van der Waals surface area contributed by atoms with Crippen molar-refractivity contribution in [3.63, 3.8) is 0 Å². The Kier molecular flexibility index (Phi) is 11.3. The minimum absolute atomic E-state index is 0.578. The van der Waals surface area contributed by atoms with Gasteiger partial charge in [0.15, 0.2) is 0 Å². The van der Waals surface area contributed by atoms with Crippen LogP contribution < -0.4 is 0 Å². The predicted molar refractivity (Wildman–Crippen MR) is 56.2 cm³/mol. The Bertz CT molecular complexity index is 78.7. The lowest BCUT2D eigenvalue weighted by atomic mass is 10.2. The Morgan fingerprint density at radius 2 is 1.50 bits per heavy atom. The van der Waals surface area contributed by atoms with Gasteiger partial charge in [-0.1, -0.05) is 26.6 Å². The molecule has 1 saturated heterocycles. The highest BCUT2D eigenvalue weighted by Crippen LogP contribution is 2.29. The van der Waals surface area contributed by atoms with Crippen molar-refractivity contribution in [1.82, 2.24) is 0 Å². The second-order valence-corrected chi connectivity index (χ2v) is 3.94. The van der Waals surface area contributed by atoms with Crippen LogP contribution in [0.1, 0.15) is 20.8 Å². The lowest BCUT2D eigenvalue weighted by molar-refractivity contribution is 0.721. The SMILES string of the molecule is C=C.C=S1CC(C)C1.CC. The van der Waals surface area contributed by atoms with Crippen LogP contribution in [0.3, 0.4) is 0 Å². The summed E-state index contributed by atoms with van der Waals surface area (Å²) in [6.07, 6.45) is 0. The third-order valence-electron chi connectivity index (χ3n) is 1.04. The first kappa shape index (κ1) is 12.6. The summed E-state index contributed by atoms with van der Waals surface area (Å²) in [7, 11) is 0.578. The Hall–Kier alpha value is -0.0400. The van der Waals surface area contributed by atoms with Gasteiger partial charge in [-0.2, -0.15) is 10.5 Å². The molecule has 0 nitrogen and oxygen atoms in total. The zero-order valence-electron chi connectivity index (χ0n) is 7.52.